The van der Waals surface area contributed by atoms with E-state index in [2.05, 4.69) is 30.5 Å². The third-order valence-corrected chi connectivity index (χ3v) is 5.94. The van der Waals surface area contributed by atoms with E-state index in [9.17, 15) is 14.2 Å². The molecule has 0 rings (SSSR count). The van der Waals surface area contributed by atoms with Crippen LogP contribution >= 0.6 is 7.82 Å². The van der Waals surface area contributed by atoms with Gasteiger partial charge in [0.1, 0.15) is 6.61 Å². The molecule has 0 spiro atoms. The highest BCUT2D eigenvalue weighted by atomic mass is 31.2. The summed E-state index contributed by atoms with van der Waals surface area (Å²) in [5, 5.41) is 0. The number of hydrogen-bond acceptors (Lipinski definition) is 6. The molecule has 0 aliphatic rings. The van der Waals surface area contributed by atoms with Gasteiger partial charge in [0.15, 0.2) is 6.10 Å². The first-order valence-electron chi connectivity index (χ1n) is 14.0. The van der Waals surface area contributed by atoms with Crippen molar-refractivity contribution in [3.8, 4) is 0 Å². The number of ether oxygens (including phenoxy) is 2. The van der Waals surface area contributed by atoms with Crippen LogP contribution in [-0.2, 0) is 28.2 Å². The number of carbonyl (C=O) groups excluding carboxylic acids is 2. The fraction of sp³-hybridized carbons (Fsp3) is 0.655. The number of allylic oxidation sites excluding steroid dienone is 8. The van der Waals surface area contributed by atoms with Gasteiger partial charge in [-0.05, 0) is 32.1 Å². The van der Waals surface area contributed by atoms with Crippen molar-refractivity contribution in [3.05, 3.63) is 48.6 Å². The van der Waals surface area contributed by atoms with Crippen molar-refractivity contribution in [1.82, 2.24) is 0 Å². The van der Waals surface area contributed by atoms with Gasteiger partial charge in [-0.3, -0.25) is 14.1 Å². The molecule has 2 N–H and O–H groups in total. The van der Waals surface area contributed by atoms with Gasteiger partial charge in [0.25, 0.3) is 0 Å². The van der Waals surface area contributed by atoms with E-state index >= 15 is 0 Å². The first kappa shape index (κ1) is 36.0. The summed E-state index contributed by atoms with van der Waals surface area (Å²) in [7, 11) is -4.74. The Hall–Kier alpha value is -1.99. The van der Waals surface area contributed by atoms with Gasteiger partial charge in [-0.25, -0.2) is 4.57 Å². The summed E-state index contributed by atoms with van der Waals surface area (Å²) in [6.45, 7) is 3.40. The zero-order valence-corrected chi connectivity index (χ0v) is 24.2. The normalized spacial score (nSPS) is 13.3. The fourth-order valence-corrected chi connectivity index (χ4v) is 3.74. The summed E-state index contributed by atoms with van der Waals surface area (Å²) < 4.78 is 25.9. The van der Waals surface area contributed by atoms with E-state index in [1.165, 1.54) is 19.3 Å². The van der Waals surface area contributed by atoms with Crippen LogP contribution in [0, 0.1) is 0 Å². The molecule has 0 saturated heterocycles. The summed E-state index contributed by atoms with van der Waals surface area (Å²) in [5.74, 6) is -0.946. The lowest BCUT2D eigenvalue weighted by atomic mass is 10.1. The Morgan fingerprint density at radius 1 is 0.711 bits per heavy atom. The second kappa shape index (κ2) is 25.3. The predicted octanol–water partition coefficient (Wildman–Crippen LogP) is 7.28. The van der Waals surface area contributed by atoms with Crippen LogP contribution in [0.4, 0.5) is 0 Å². The molecule has 0 fully saturated rings. The molecular weight excluding hydrogens is 507 g/mol. The first-order valence-corrected chi connectivity index (χ1v) is 15.5. The molecular formula is C29H49O8P. The van der Waals surface area contributed by atoms with Gasteiger partial charge in [-0.2, -0.15) is 0 Å². The Kier molecular flexibility index (Phi) is 24.0. The Balaban J connectivity index is 4.21. The van der Waals surface area contributed by atoms with Gasteiger partial charge in [-0.1, -0.05) is 107 Å². The van der Waals surface area contributed by atoms with Crippen LogP contribution in [0.2, 0.25) is 0 Å². The third-order valence-electron chi connectivity index (χ3n) is 5.46. The fourth-order valence-electron chi connectivity index (χ4n) is 3.38. The van der Waals surface area contributed by atoms with Crippen LogP contribution in [0.15, 0.2) is 48.6 Å². The molecule has 38 heavy (non-hydrogen) atoms. The molecule has 9 heteroatoms. The molecule has 0 aromatic carbocycles. The van der Waals surface area contributed by atoms with E-state index in [1.54, 1.807) is 0 Å². The molecule has 0 amide bonds. The van der Waals surface area contributed by atoms with E-state index in [-0.39, 0.29) is 19.4 Å². The maximum Gasteiger partial charge on any atom is 0.469 e. The monoisotopic (exact) mass is 556 g/mol. The number of phosphoric ester groups is 1. The maximum atomic E-state index is 12.2. The Labute approximate surface area is 229 Å². The standard InChI is InChI=1S/C29H49O8P/c1-3-5-7-9-11-12-13-14-15-16-18-20-22-24-29(31)37-27(26-36-38(32,33)34)25-35-28(30)23-21-19-17-10-8-6-4-2/h5,7,9,11-15,27H,3-4,6,8,10,16-26H2,1-2H3,(H2,32,33,34)/b7-5+,11-9+,13-12+,15-14+. The van der Waals surface area contributed by atoms with Gasteiger partial charge in [-0.15, -0.1) is 0 Å². The molecule has 0 bridgehead atoms. The van der Waals surface area contributed by atoms with Crippen LogP contribution < -0.4 is 0 Å². The van der Waals surface area contributed by atoms with Crippen LogP contribution in [0.25, 0.3) is 0 Å². The molecule has 0 aliphatic carbocycles. The molecule has 0 radical (unpaired) electrons. The van der Waals surface area contributed by atoms with Crippen molar-refractivity contribution < 1.29 is 37.9 Å². The minimum absolute atomic E-state index is 0.165. The minimum Gasteiger partial charge on any atom is -0.462 e. The number of phosphoric acid groups is 1. The van der Waals surface area contributed by atoms with Crippen molar-refractivity contribution in [3.63, 3.8) is 0 Å². The van der Waals surface area contributed by atoms with E-state index in [0.29, 0.717) is 12.8 Å². The topological polar surface area (TPSA) is 119 Å². The molecule has 1 unspecified atom stereocenters. The number of rotatable bonds is 24. The summed E-state index contributed by atoms with van der Waals surface area (Å²) in [6.07, 6.45) is 27.2. The van der Waals surface area contributed by atoms with Crippen LogP contribution in [-0.4, -0.2) is 41.0 Å². The molecule has 0 heterocycles. The molecule has 218 valence electrons. The first-order chi connectivity index (χ1) is 18.3. The molecule has 1 atom stereocenters. The Morgan fingerprint density at radius 3 is 1.89 bits per heavy atom. The van der Waals surface area contributed by atoms with Gasteiger partial charge in [0.05, 0.1) is 6.61 Å². The van der Waals surface area contributed by atoms with Crippen molar-refractivity contribution in [2.24, 2.45) is 0 Å². The Morgan fingerprint density at radius 2 is 1.26 bits per heavy atom. The summed E-state index contributed by atoms with van der Waals surface area (Å²) in [5.41, 5.74) is 0. The van der Waals surface area contributed by atoms with E-state index in [4.69, 9.17) is 19.3 Å². The molecule has 0 saturated carbocycles. The van der Waals surface area contributed by atoms with Gasteiger partial charge in [0, 0.05) is 12.8 Å². The summed E-state index contributed by atoms with van der Waals surface area (Å²) in [4.78, 5) is 42.1. The summed E-state index contributed by atoms with van der Waals surface area (Å²) in [6, 6.07) is 0. The lowest BCUT2D eigenvalue weighted by Crippen LogP contribution is -2.29. The van der Waals surface area contributed by atoms with E-state index in [0.717, 1.165) is 44.9 Å². The molecule has 0 aromatic heterocycles. The number of hydrogen-bond donors (Lipinski definition) is 2. The van der Waals surface area contributed by atoms with Crippen LogP contribution in [0.5, 0.6) is 0 Å². The average Bonchev–Trinajstić information content (AvgIpc) is 2.87. The van der Waals surface area contributed by atoms with Crippen molar-refractivity contribution in [2.45, 2.75) is 110 Å². The highest BCUT2D eigenvalue weighted by molar-refractivity contribution is 7.46. The highest BCUT2D eigenvalue weighted by Gasteiger charge is 2.22. The second-order valence-electron chi connectivity index (χ2n) is 9.09. The number of carbonyl (C=O) groups is 2. The van der Waals surface area contributed by atoms with Crippen LogP contribution in [0.3, 0.4) is 0 Å². The van der Waals surface area contributed by atoms with Gasteiger partial charge < -0.3 is 19.3 Å². The van der Waals surface area contributed by atoms with E-state index < -0.39 is 32.5 Å². The van der Waals surface area contributed by atoms with Gasteiger partial charge in [0.2, 0.25) is 0 Å². The van der Waals surface area contributed by atoms with Crippen molar-refractivity contribution in [2.75, 3.05) is 13.2 Å². The zero-order valence-electron chi connectivity index (χ0n) is 23.3. The highest BCUT2D eigenvalue weighted by Crippen LogP contribution is 2.35. The quantitative estimate of drug-likeness (QED) is 0.0551. The summed E-state index contributed by atoms with van der Waals surface area (Å²) >= 11 is 0. The lowest BCUT2D eigenvalue weighted by Gasteiger charge is -2.18. The van der Waals surface area contributed by atoms with Crippen LogP contribution in [0.1, 0.15) is 104 Å². The van der Waals surface area contributed by atoms with Crippen molar-refractivity contribution >= 4 is 19.8 Å². The lowest BCUT2D eigenvalue weighted by molar-refractivity contribution is -0.161. The number of esters is 2. The second-order valence-corrected chi connectivity index (χ2v) is 10.3. The molecule has 0 aromatic rings. The number of unbranched alkanes of at least 4 members (excludes halogenated alkanes) is 9. The van der Waals surface area contributed by atoms with E-state index in [1.807, 2.05) is 36.5 Å². The van der Waals surface area contributed by atoms with Gasteiger partial charge >= 0.3 is 19.8 Å². The maximum absolute atomic E-state index is 12.2. The average molecular weight is 557 g/mol. The minimum atomic E-state index is -4.74. The van der Waals surface area contributed by atoms with Crippen molar-refractivity contribution in [1.29, 1.82) is 0 Å². The third kappa shape index (κ3) is 27.1. The zero-order chi connectivity index (χ0) is 28.3. The molecule has 8 nitrogen and oxygen atoms in total. The Bertz CT molecular complexity index is 767. The SMILES string of the molecule is CC/C=C/C=C/C=C/C=C/CCCCCC(=O)OC(COC(=O)CCCCCCCCC)COP(=O)(O)O. The smallest absolute Gasteiger partial charge is 0.462 e. The largest absolute Gasteiger partial charge is 0.469 e. The predicted molar refractivity (Wildman–Crippen MR) is 151 cm³/mol. The molecule has 0 aliphatic heterocycles.